The lowest BCUT2D eigenvalue weighted by molar-refractivity contribution is -0.607. The maximum Gasteiger partial charge on any atom is 0.223 e. The predicted molar refractivity (Wildman–Crippen MR) is 90.4 cm³/mol. The van der Waals surface area contributed by atoms with Crippen LogP contribution < -0.4 is 9.47 Å². The lowest BCUT2D eigenvalue weighted by Crippen LogP contribution is -2.54. The molecule has 1 aromatic heterocycles. The van der Waals surface area contributed by atoms with E-state index in [1.807, 2.05) is 30.3 Å². The van der Waals surface area contributed by atoms with Crippen LogP contribution in [0.5, 0.6) is 5.75 Å². The van der Waals surface area contributed by atoms with Gasteiger partial charge in [-0.2, -0.15) is 4.73 Å². The van der Waals surface area contributed by atoms with Crippen molar-refractivity contribution in [1.29, 1.82) is 0 Å². The Balaban J connectivity index is 1.82. The van der Waals surface area contributed by atoms with E-state index in [0.717, 1.165) is 22.7 Å². The lowest BCUT2D eigenvalue weighted by Gasteiger charge is -2.58. The summed E-state index contributed by atoms with van der Waals surface area (Å²) in [6, 6.07) is 11.9. The van der Waals surface area contributed by atoms with Gasteiger partial charge >= 0.3 is 0 Å². The second kappa shape index (κ2) is 4.73. The summed E-state index contributed by atoms with van der Waals surface area (Å²) in [6.07, 6.45) is 1.23. The van der Waals surface area contributed by atoms with Gasteiger partial charge in [0, 0.05) is 23.1 Å². The molecule has 120 valence electrons. The molecule has 0 aliphatic heterocycles. The molecule has 0 spiro atoms. The Morgan fingerprint density at radius 1 is 1.13 bits per heavy atom. The molecule has 3 heteroatoms. The number of rotatable bonds is 2. The molecule has 2 bridgehead atoms. The van der Waals surface area contributed by atoms with E-state index in [-0.39, 0.29) is 0 Å². The first-order valence-corrected chi connectivity index (χ1v) is 8.36. The third-order valence-electron chi connectivity index (χ3n) is 6.29. The molecule has 0 amide bonds. The van der Waals surface area contributed by atoms with Crippen LogP contribution in [0.3, 0.4) is 0 Å². The normalized spacial score (nSPS) is 27.0. The van der Waals surface area contributed by atoms with Gasteiger partial charge in [-0.3, -0.25) is 0 Å². The Labute approximate surface area is 137 Å². The second-order valence-corrected chi connectivity index (χ2v) is 7.59. The minimum Gasteiger partial charge on any atom is -0.618 e. The van der Waals surface area contributed by atoms with Crippen LogP contribution in [0.1, 0.15) is 50.3 Å². The van der Waals surface area contributed by atoms with Gasteiger partial charge in [-0.25, -0.2) is 0 Å². The fourth-order valence-electron chi connectivity index (χ4n) is 4.81. The highest BCUT2D eigenvalue weighted by Crippen LogP contribution is 2.65. The maximum absolute atomic E-state index is 13.0. The van der Waals surface area contributed by atoms with E-state index in [1.54, 1.807) is 7.11 Å². The van der Waals surface area contributed by atoms with Gasteiger partial charge in [-0.1, -0.05) is 20.8 Å². The van der Waals surface area contributed by atoms with Gasteiger partial charge in [0.25, 0.3) is 0 Å². The average molecular weight is 309 g/mol. The molecule has 1 heterocycles. The molecule has 0 unspecified atom stereocenters. The first-order chi connectivity index (χ1) is 10.9. The van der Waals surface area contributed by atoms with E-state index in [2.05, 4.69) is 26.8 Å². The molecule has 3 aliphatic carbocycles. The summed E-state index contributed by atoms with van der Waals surface area (Å²) < 4.78 is 6.38. The van der Waals surface area contributed by atoms with Crippen LogP contribution in [0, 0.1) is 16.5 Å². The van der Waals surface area contributed by atoms with Crippen LogP contribution in [0.15, 0.2) is 36.4 Å². The minimum absolute atomic E-state index is 0.320. The predicted octanol–water partition coefficient (Wildman–Crippen LogP) is 4.24. The summed E-state index contributed by atoms with van der Waals surface area (Å²) in [4.78, 5) is 0. The van der Waals surface area contributed by atoms with Crippen molar-refractivity contribution in [2.45, 2.75) is 39.0 Å². The molecule has 2 aromatic rings. The monoisotopic (exact) mass is 309 g/mol. The van der Waals surface area contributed by atoms with E-state index < -0.39 is 0 Å². The summed E-state index contributed by atoms with van der Waals surface area (Å²) in [5.74, 6) is 2.27. The summed E-state index contributed by atoms with van der Waals surface area (Å²) in [5, 5.41) is 13.0. The molecule has 1 fully saturated rings. The van der Waals surface area contributed by atoms with E-state index in [9.17, 15) is 5.21 Å². The zero-order valence-electron chi connectivity index (χ0n) is 14.2. The van der Waals surface area contributed by atoms with Crippen LogP contribution in [0.25, 0.3) is 11.3 Å². The van der Waals surface area contributed by atoms with Gasteiger partial charge in [0.05, 0.1) is 7.11 Å². The van der Waals surface area contributed by atoms with Crippen molar-refractivity contribution in [3.05, 3.63) is 52.9 Å². The zero-order chi connectivity index (χ0) is 16.4. The van der Waals surface area contributed by atoms with Gasteiger partial charge in [0.15, 0.2) is 5.69 Å². The summed E-state index contributed by atoms with van der Waals surface area (Å²) in [6.45, 7) is 6.91. The fraction of sp³-hybridized carbons (Fsp3) is 0.450. The third-order valence-corrected chi connectivity index (χ3v) is 6.29. The van der Waals surface area contributed by atoms with Gasteiger partial charge in [-0.05, 0) is 54.0 Å². The summed E-state index contributed by atoms with van der Waals surface area (Å²) >= 11 is 0. The highest BCUT2D eigenvalue weighted by molar-refractivity contribution is 5.58. The summed E-state index contributed by atoms with van der Waals surface area (Å²) in [5.41, 5.74) is 4.24. The van der Waals surface area contributed by atoms with E-state index in [1.165, 1.54) is 16.7 Å². The summed E-state index contributed by atoms with van der Waals surface area (Å²) in [7, 11) is 1.65. The maximum atomic E-state index is 13.0. The second-order valence-electron chi connectivity index (χ2n) is 7.59. The van der Waals surface area contributed by atoms with Crippen molar-refractivity contribution in [3.63, 3.8) is 0 Å². The van der Waals surface area contributed by atoms with Crippen molar-refractivity contribution < 1.29 is 9.47 Å². The Morgan fingerprint density at radius 3 is 2.43 bits per heavy atom. The first kappa shape index (κ1) is 14.6. The van der Waals surface area contributed by atoms with E-state index in [0.29, 0.717) is 23.2 Å². The number of nitrogens with zero attached hydrogens (tertiary/aromatic N) is 1. The van der Waals surface area contributed by atoms with Crippen molar-refractivity contribution in [2.24, 2.45) is 11.3 Å². The van der Waals surface area contributed by atoms with Crippen molar-refractivity contribution in [1.82, 2.24) is 0 Å². The number of hydrogen-bond acceptors (Lipinski definition) is 2. The van der Waals surface area contributed by atoms with Crippen LogP contribution in [0.4, 0.5) is 0 Å². The molecular formula is C20H23NO2. The molecule has 23 heavy (non-hydrogen) atoms. The Hall–Kier alpha value is -2.03. The van der Waals surface area contributed by atoms with Gasteiger partial charge in [-0.15, -0.1) is 0 Å². The fourth-order valence-corrected chi connectivity index (χ4v) is 4.81. The van der Waals surface area contributed by atoms with Gasteiger partial charge < -0.3 is 9.94 Å². The van der Waals surface area contributed by atoms with Gasteiger partial charge in [0.2, 0.25) is 5.69 Å². The number of methoxy groups -OCH3 is 1. The number of hydrogen-bond donors (Lipinski definition) is 0. The molecule has 1 aromatic carbocycles. The Bertz CT molecular complexity index is 764. The molecule has 3 nitrogen and oxygen atoms in total. The first-order valence-electron chi connectivity index (χ1n) is 8.36. The van der Waals surface area contributed by atoms with Crippen LogP contribution in [-0.2, 0) is 0 Å². The Morgan fingerprint density at radius 2 is 1.83 bits per heavy atom. The van der Waals surface area contributed by atoms with E-state index >= 15 is 0 Å². The number of benzene rings is 1. The largest absolute Gasteiger partial charge is 0.618 e. The van der Waals surface area contributed by atoms with Crippen LogP contribution in [0.2, 0.25) is 0 Å². The van der Waals surface area contributed by atoms with Crippen molar-refractivity contribution in [3.8, 4) is 17.0 Å². The molecule has 1 saturated carbocycles. The average Bonchev–Trinajstić information content (AvgIpc) is 2.54. The van der Waals surface area contributed by atoms with Crippen LogP contribution in [-0.4, -0.2) is 7.11 Å². The molecule has 0 N–H and O–H groups in total. The molecule has 3 aliphatic rings. The lowest BCUT2D eigenvalue weighted by atomic mass is 9.45. The SMILES string of the molecule is COc1ccc(-c2ccc3c([n+]2[O-])[C@H](C)[C@@H]2C[C@H]3C2(C)C)cc1. The standard InChI is InChI=1S/C20H23NO2/c1-12-16-11-17(20(16,2)3)15-9-10-18(21(22)19(12)15)13-5-7-14(23-4)8-6-13/h5-10,12,16-17H,11H2,1-4H3/t12-,16+,17-/m1/s1. The third kappa shape index (κ3) is 1.85. The van der Waals surface area contributed by atoms with Crippen molar-refractivity contribution in [2.75, 3.05) is 7.11 Å². The zero-order valence-corrected chi connectivity index (χ0v) is 14.2. The molecular weight excluding hydrogens is 286 g/mol. The molecule has 0 saturated heterocycles. The van der Waals surface area contributed by atoms with Gasteiger partial charge in [0.1, 0.15) is 5.75 Å². The Kier molecular flexibility index (Phi) is 2.99. The van der Waals surface area contributed by atoms with Crippen molar-refractivity contribution >= 4 is 0 Å². The number of aromatic nitrogens is 1. The molecule has 0 radical (unpaired) electrons. The smallest absolute Gasteiger partial charge is 0.223 e. The highest BCUT2D eigenvalue weighted by atomic mass is 16.5. The quantitative estimate of drug-likeness (QED) is 0.614. The van der Waals surface area contributed by atoms with E-state index in [4.69, 9.17) is 4.74 Å². The minimum atomic E-state index is 0.320. The molecule has 3 atom stereocenters. The number of ether oxygens (including phenoxy) is 1. The number of pyridine rings is 1. The van der Waals surface area contributed by atoms with Crippen LogP contribution >= 0.6 is 0 Å². The molecule has 5 rings (SSSR count). The highest BCUT2D eigenvalue weighted by Gasteiger charge is 2.58. The topological polar surface area (TPSA) is 36.2 Å².